The van der Waals surface area contributed by atoms with Crippen molar-refractivity contribution in [2.24, 2.45) is 0 Å². The highest BCUT2D eigenvalue weighted by Crippen LogP contribution is 2.27. The monoisotopic (exact) mass is 472 g/mol. The Bertz CT molecular complexity index is 733. The van der Waals surface area contributed by atoms with Crippen molar-refractivity contribution < 1.29 is 42.6 Å². The summed E-state index contributed by atoms with van der Waals surface area (Å²) in [4.78, 5) is 54.2. The van der Waals surface area contributed by atoms with E-state index in [0.29, 0.717) is 44.9 Å². The van der Waals surface area contributed by atoms with Gasteiger partial charge in [-0.3, -0.25) is 24.0 Å². The Hall–Kier alpha value is -3.50. The molecule has 0 saturated carbocycles. The van der Waals surface area contributed by atoms with E-state index in [4.69, 9.17) is 4.74 Å². The normalized spacial score (nSPS) is 9.03. The largest absolute Gasteiger partial charge is 0.468 e. The number of nitrogens with zero attached hydrogens (tertiary/aromatic N) is 1. The quantitative estimate of drug-likeness (QED) is 0.296. The van der Waals surface area contributed by atoms with Crippen LogP contribution in [0.5, 0.6) is 0 Å². The highest BCUT2D eigenvalue weighted by molar-refractivity contribution is 5.99. The molecular formula is C22H33FN2O8. The second-order valence-electron chi connectivity index (χ2n) is 6.03. The molecule has 0 heterocycles. The molecule has 0 aliphatic carbocycles. The molecule has 0 aromatic heterocycles. The van der Waals surface area contributed by atoms with Gasteiger partial charge in [-0.25, -0.2) is 4.39 Å². The predicted octanol–water partition coefficient (Wildman–Crippen LogP) is 2.84. The molecule has 33 heavy (non-hydrogen) atoms. The van der Waals surface area contributed by atoms with Gasteiger partial charge in [0, 0.05) is 26.8 Å². The number of amides is 2. The smallest absolute Gasteiger partial charge is 0.305 e. The number of anilines is 2. The summed E-state index contributed by atoms with van der Waals surface area (Å²) in [5.41, 5.74) is 0.599. The molecule has 1 aromatic rings. The highest BCUT2D eigenvalue weighted by Gasteiger charge is 2.17. The van der Waals surface area contributed by atoms with E-state index in [1.807, 2.05) is 0 Å². The molecule has 0 fully saturated rings. The van der Waals surface area contributed by atoms with Gasteiger partial charge in [-0.1, -0.05) is 0 Å². The molecule has 0 aliphatic heterocycles. The van der Waals surface area contributed by atoms with Gasteiger partial charge in [0.15, 0.2) is 0 Å². The minimum Gasteiger partial charge on any atom is -0.468 e. The zero-order chi connectivity index (χ0) is 25.6. The number of esters is 1. The predicted molar refractivity (Wildman–Crippen MR) is 120 cm³/mol. The summed E-state index contributed by atoms with van der Waals surface area (Å²) in [7, 11) is 0. The number of ether oxygens (including phenoxy) is 3. The molecular weight excluding hydrogens is 439 g/mol. The third-order valence-corrected chi connectivity index (χ3v) is 3.48. The highest BCUT2D eigenvalue weighted by atomic mass is 19.1. The van der Waals surface area contributed by atoms with Crippen LogP contribution in [0.4, 0.5) is 15.8 Å². The van der Waals surface area contributed by atoms with Crippen LogP contribution in [0.2, 0.25) is 0 Å². The van der Waals surface area contributed by atoms with Gasteiger partial charge in [-0.2, -0.15) is 0 Å². The molecule has 11 heteroatoms. The minimum atomic E-state index is -0.522. The standard InChI is InChI=1S/C16H21FN2O4.2C3H6O2/c1-4-23-16(22)6-5-9-19(12(3)21)15-10-13(17)7-8-14(15)18-11(2)20;2*1-2-5-3-4/h7-8,10H,4-6,9H2,1-3H3,(H,18,20);2*3H,2H2,1H3. The van der Waals surface area contributed by atoms with E-state index in [1.165, 1.54) is 36.9 Å². The fourth-order valence-corrected chi connectivity index (χ4v) is 2.22. The first-order valence-corrected chi connectivity index (χ1v) is 10.3. The van der Waals surface area contributed by atoms with Crippen LogP contribution < -0.4 is 10.2 Å². The molecule has 0 bridgehead atoms. The van der Waals surface area contributed by atoms with Crippen molar-refractivity contribution in [3.8, 4) is 0 Å². The van der Waals surface area contributed by atoms with E-state index in [1.54, 1.807) is 20.8 Å². The van der Waals surface area contributed by atoms with E-state index in [9.17, 15) is 28.4 Å². The van der Waals surface area contributed by atoms with Crippen molar-refractivity contribution >= 4 is 42.1 Å². The lowest BCUT2D eigenvalue weighted by Gasteiger charge is -2.24. The van der Waals surface area contributed by atoms with Gasteiger partial charge in [0.1, 0.15) is 5.82 Å². The summed E-state index contributed by atoms with van der Waals surface area (Å²) in [5, 5.41) is 2.56. The first-order valence-electron chi connectivity index (χ1n) is 10.3. The lowest BCUT2D eigenvalue weighted by atomic mass is 10.2. The van der Waals surface area contributed by atoms with Gasteiger partial charge in [0.25, 0.3) is 12.9 Å². The van der Waals surface area contributed by atoms with Crippen LogP contribution in [0.25, 0.3) is 0 Å². The number of halogens is 1. The molecule has 1 N–H and O–H groups in total. The maximum Gasteiger partial charge on any atom is 0.305 e. The van der Waals surface area contributed by atoms with Crippen LogP contribution in [-0.4, -0.2) is 57.1 Å². The maximum atomic E-state index is 13.5. The Balaban J connectivity index is 0. The van der Waals surface area contributed by atoms with E-state index in [-0.39, 0.29) is 36.4 Å². The summed E-state index contributed by atoms with van der Waals surface area (Å²) in [6, 6.07) is 3.77. The van der Waals surface area contributed by atoms with Gasteiger partial charge in [-0.05, 0) is 45.4 Å². The number of hydrogen-bond acceptors (Lipinski definition) is 8. The molecule has 0 atom stereocenters. The molecule has 1 aromatic carbocycles. The first-order chi connectivity index (χ1) is 15.7. The summed E-state index contributed by atoms with van der Waals surface area (Å²) >= 11 is 0. The topological polar surface area (TPSA) is 128 Å². The number of benzene rings is 1. The number of carbonyl (C=O) groups is 5. The second kappa shape index (κ2) is 20.4. The molecule has 0 saturated heterocycles. The third-order valence-electron chi connectivity index (χ3n) is 3.48. The van der Waals surface area contributed by atoms with Crippen LogP contribution in [-0.2, 0) is 38.2 Å². The summed E-state index contributed by atoms with van der Waals surface area (Å²) in [6.45, 7) is 10.2. The Morgan fingerprint density at radius 2 is 1.58 bits per heavy atom. The first kappa shape index (κ1) is 31.7. The summed E-state index contributed by atoms with van der Waals surface area (Å²) < 4.78 is 26.7. The van der Waals surface area contributed by atoms with Gasteiger partial charge >= 0.3 is 5.97 Å². The Kier molecular flexibility index (Phi) is 19.6. The van der Waals surface area contributed by atoms with Crippen LogP contribution in [0, 0.1) is 5.82 Å². The van der Waals surface area contributed by atoms with E-state index < -0.39 is 5.82 Å². The lowest BCUT2D eigenvalue weighted by Crippen LogP contribution is -2.31. The third kappa shape index (κ3) is 16.8. The molecule has 0 aliphatic rings. The van der Waals surface area contributed by atoms with E-state index in [0.717, 1.165) is 0 Å². The van der Waals surface area contributed by atoms with Gasteiger partial charge in [-0.15, -0.1) is 0 Å². The van der Waals surface area contributed by atoms with Crippen molar-refractivity contribution in [2.45, 2.75) is 47.5 Å². The summed E-state index contributed by atoms with van der Waals surface area (Å²) in [5.74, 6) is -1.51. The van der Waals surface area contributed by atoms with E-state index in [2.05, 4.69) is 14.8 Å². The average Bonchev–Trinajstić information content (AvgIpc) is 2.74. The molecule has 10 nitrogen and oxygen atoms in total. The van der Waals surface area contributed by atoms with Crippen molar-refractivity contribution in [2.75, 3.05) is 36.6 Å². The average molecular weight is 473 g/mol. The van der Waals surface area contributed by atoms with Crippen LogP contribution in [0.1, 0.15) is 47.5 Å². The second-order valence-corrected chi connectivity index (χ2v) is 6.03. The van der Waals surface area contributed by atoms with Crippen molar-refractivity contribution in [1.82, 2.24) is 0 Å². The van der Waals surface area contributed by atoms with Crippen molar-refractivity contribution in [3.63, 3.8) is 0 Å². The lowest BCUT2D eigenvalue weighted by molar-refractivity contribution is -0.143. The molecule has 0 spiro atoms. The zero-order valence-electron chi connectivity index (χ0n) is 19.7. The fraction of sp³-hybridized carbons (Fsp3) is 0.500. The number of carbonyl (C=O) groups excluding carboxylic acids is 5. The zero-order valence-corrected chi connectivity index (χ0v) is 19.7. The van der Waals surface area contributed by atoms with Gasteiger partial charge in [0.05, 0.1) is 31.2 Å². The number of hydrogen-bond donors (Lipinski definition) is 1. The van der Waals surface area contributed by atoms with Crippen LogP contribution in [0.15, 0.2) is 18.2 Å². The summed E-state index contributed by atoms with van der Waals surface area (Å²) in [6.07, 6.45) is 0.525. The molecule has 0 radical (unpaired) electrons. The number of nitrogens with one attached hydrogen (secondary N) is 1. The molecule has 2 amide bonds. The SMILES string of the molecule is CCOC(=O)CCCN(C(C)=O)c1cc(F)ccc1NC(C)=O.CCOC=O.CCOC=O. The van der Waals surface area contributed by atoms with E-state index >= 15 is 0 Å². The van der Waals surface area contributed by atoms with Crippen LogP contribution >= 0.6 is 0 Å². The number of rotatable bonds is 11. The Morgan fingerprint density at radius 1 is 1.00 bits per heavy atom. The molecule has 1 rings (SSSR count). The van der Waals surface area contributed by atoms with Crippen molar-refractivity contribution in [3.05, 3.63) is 24.0 Å². The van der Waals surface area contributed by atoms with Crippen molar-refractivity contribution in [1.29, 1.82) is 0 Å². The minimum absolute atomic E-state index is 0.155. The molecule has 0 unspecified atom stereocenters. The molecule has 186 valence electrons. The Labute approximate surface area is 193 Å². The maximum absolute atomic E-state index is 13.5. The van der Waals surface area contributed by atoms with Gasteiger partial charge in [0.2, 0.25) is 11.8 Å². The van der Waals surface area contributed by atoms with Crippen LogP contribution in [0.3, 0.4) is 0 Å². The van der Waals surface area contributed by atoms with Gasteiger partial charge < -0.3 is 24.4 Å². The fourth-order valence-electron chi connectivity index (χ4n) is 2.22. The Morgan fingerprint density at radius 3 is 1.97 bits per heavy atom.